The van der Waals surface area contributed by atoms with Gasteiger partial charge in [0.1, 0.15) is 0 Å². The van der Waals surface area contributed by atoms with E-state index in [4.69, 9.17) is 0 Å². The molecule has 1 saturated heterocycles. The smallest absolute Gasteiger partial charge is 0.471 e. The zero-order valence-electron chi connectivity index (χ0n) is 8.64. The van der Waals surface area contributed by atoms with Gasteiger partial charge < -0.3 is 33.4 Å². The average molecular weight is 338 g/mol. The maximum atomic E-state index is 12.0. The van der Waals surface area contributed by atoms with E-state index in [-0.39, 0.29) is 37.1 Å². The zero-order chi connectivity index (χ0) is 11.0. The molecule has 0 aromatic rings. The Bertz CT molecular complexity index is 233. The molecule has 90 valence electrons. The number of quaternary nitrogens is 1. The quantitative estimate of drug-likeness (QED) is 0.353. The predicted molar refractivity (Wildman–Crippen MR) is 44.5 cm³/mol. The van der Waals surface area contributed by atoms with Gasteiger partial charge in [-0.2, -0.15) is 13.2 Å². The Labute approximate surface area is 104 Å². The van der Waals surface area contributed by atoms with Crippen LogP contribution in [0.5, 0.6) is 0 Å². The highest BCUT2D eigenvalue weighted by atomic mass is 127. The van der Waals surface area contributed by atoms with Crippen LogP contribution < -0.4 is 24.0 Å². The number of hydrogen-bond donors (Lipinski definition) is 0. The minimum atomic E-state index is -4.73. The van der Waals surface area contributed by atoms with Crippen LogP contribution in [0, 0.1) is 0 Å². The van der Waals surface area contributed by atoms with Crippen LogP contribution in [0.15, 0.2) is 0 Å². The first-order chi connectivity index (χ1) is 6.22. The third kappa shape index (κ3) is 4.13. The van der Waals surface area contributed by atoms with Crippen molar-refractivity contribution in [3.63, 3.8) is 0 Å². The number of amides is 1. The molecular formula is C8H14F3IN2O. The zero-order valence-corrected chi connectivity index (χ0v) is 10.8. The summed E-state index contributed by atoms with van der Waals surface area (Å²) in [4.78, 5) is 11.7. The first kappa shape index (κ1) is 14.9. The van der Waals surface area contributed by atoms with Crippen LogP contribution in [0.2, 0.25) is 0 Å². The largest absolute Gasteiger partial charge is 1.00 e. The molecule has 1 heterocycles. The van der Waals surface area contributed by atoms with Crippen LogP contribution in [-0.2, 0) is 4.79 Å². The van der Waals surface area contributed by atoms with Gasteiger partial charge in [-0.15, -0.1) is 0 Å². The highest BCUT2D eigenvalue weighted by molar-refractivity contribution is 5.81. The third-order valence-corrected chi connectivity index (χ3v) is 2.48. The Morgan fingerprint density at radius 2 is 1.60 bits per heavy atom. The monoisotopic (exact) mass is 338 g/mol. The molecule has 0 radical (unpaired) electrons. The molecule has 0 unspecified atom stereocenters. The number of halogens is 4. The van der Waals surface area contributed by atoms with Crippen molar-refractivity contribution in [2.24, 2.45) is 0 Å². The number of likely N-dealkylation sites (N-methyl/N-ethyl adjacent to an activating group) is 1. The Hall–Kier alpha value is -0.0500. The fraction of sp³-hybridized carbons (Fsp3) is 0.875. The van der Waals surface area contributed by atoms with Crippen molar-refractivity contribution in [1.82, 2.24) is 4.90 Å². The summed E-state index contributed by atoms with van der Waals surface area (Å²) in [7, 11) is 3.88. The first-order valence-corrected chi connectivity index (χ1v) is 4.40. The van der Waals surface area contributed by atoms with Gasteiger partial charge in [-0.25, -0.2) is 0 Å². The van der Waals surface area contributed by atoms with Crippen LogP contribution in [-0.4, -0.2) is 61.7 Å². The molecule has 1 amide bonds. The summed E-state index contributed by atoms with van der Waals surface area (Å²) in [5.41, 5.74) is 0. The lowest BCUT2D eigenvalue weighted by Crippen LogP contribution is -3.00. The van der Waals surface area contributed by atoms with Gasteiger partial charge in [0.2, 0.25) is 0 Å². The van der Waals surface area contributed by atoms with Gasteiger partial charge >= 0.3 is 12.1 Å². The Kier molecular flexibility index (Phi) is 4.84. The van der Waals surface area contributed by atoms with E-state index in [0.717, 1.165) is 4.90 Å². The van der Waals surface area contributed by atoms with Crippen LogP contribution >= 0.6 is 0 Å². The predicted octanol–water partition coefficient (Wildman–Crippen LogP) is -2.53. The van der Waals surface area contributed by atoms with Crippen molar-refractivity contribution in [3.8, 4) is 0 Å². The van der Waals surface area contributed by atoms with E-state index >= 15 is 0 Å². The standard InChI is InChI=1S/C8H14F3N2O.HI/c1-13(2)5-3-12(4-6-13)7(14)8(9,10)11;/h3-6H2,1-2H3;1H/q+1;/p-1. The van der Waals surface area contributed by atoms with Gasteiger partial charge in [0, 0.05) is 0 Å². The fourth-order valence-corrected chi connectivity index (χ4v) is 1.39. The molecule has 0 N–H and O–H groups in total. The highest BCUT2D eigenvalue weighted by Crippen LogP contribution is 2.20. The van der Waals surface area contributed by atoms with Crippen molar-refractivity contribution in [1.29, 1.82) is 0 Å². The van der Waals surface area contributed by atoms with Crippen LogP contribution in [0.4, 0.5) is 13.2 Å². The van der Waals surface area contributed by atoms with Gasteiger partial charge in [-0.1, -0.05) is 0 Å². The Morgan fingerprint density at radius 3 is 1.93 bits per heavy atom. The highest BCUT2D eigenvalue weighted by Gasteiger charge is 2.44. The van der Waals surface area contributed by atoms with E-state index < -0.39 is 12.1 Å². The summed E-state index contributed by atoms with van der Waals surface area (Å²) in [5, 5.41) is 0. The van der Waals surface area contributed by atoms with Crippen molar-refractivity contribution >= 4 is 5.91 Å². The average Bonchev–Trinajstić information content (AvgIpc) is 2.01. The van der Waals surface area contributed by atoms with E-state index in [2.05, 4.69) is 0 Å². The minimum Gasteiger partial charge on any atom is -1.00 e. The lowest BCUT2D eigenvalue weighted by molar-refractivity contribution is -0.894. The molecule has 1 aliphatic rings. The minimum absolute atomic E-state index is 0. The van der Waals surface area contributed by atoms with E-state index in [1.807, 2.05) is 14.1 Å². The van der Waals surface area contributed by atoms with E-state index in [1.165, 1.54) is 0 Å². The summed E-state index contributed by atoms with van der Waals surface area (Å²) in [6.45, 7) is 1.51. The molecule has 0 aromatic heterocycles. The lowest BCUT2D eigenvalue weighted by Gasteiger charge is -2.39. The van der Waals surface area contributed by atoms with Crippen molar-refractivity contribution < 1.29 is 46.4 Å². The molecule has 7 heteroatoms. The number of piperazine rings is 1. The van der Waals surface area contributed by atoms with Crippen molar-refractivity contribution in [2.75, 3.05) is 40.3 Å². The molecule has 0 spiro atoms. The molecule has 15 heavy (non-hydrogen) atoms. The summed E-state index contributed by atoms with van der Waals surface area (Å²) in [6.07, 6.45) is -4.73. The maximum Gasteiger partial charge on any atom is 0.471 e. The SMILES string of the molecule is C[N+]1(C)CCN(C(=O)C(F)(F)F)CC1.[I-]. The van der Waals surface area contributed by atoms with Crippen LogP contribution in [0.25, 0.3) is 0 Å². The third-order valence-electron chi connectivity index (χ3n) is 2.48. The fourth-order valence-electron chi connectivity index (χ4n) is 1.39. The number of rotatable bonds is 0. The van der Waals surface area contributed by atoms with Gasteiger partial charge in [-0.05, 0) is 0 Å². The van der Waals surface area contributed by atoms with E-state index in [0.29, 0.717) is 17.6 Å². The maximum absolute atomic E-state index is 12.0. The molecule has 1 fully saturated rings. The number of carbonyl (C=O) groups excluding carboxylic acids is 1. The van der Waals surface area contributed by atoms with E-state index in [1.54, 1.807) is 0 Å². The number of hydrogen-bond acceptors (Lipinski definition) is 1. The molecule has 0 bridgehead atoms. The molecule has 0 aliphatic carbocycles. The van der Waals surface area contributed by atoms with Gasteiger partial charge in [0.25, 0.3) is 0 Å². The second-order valence-electron chi connectivity index (χ2n) is 4.17. The normalized spacial score (nSPS) is 20.7. The lowest BCUT2D eigenvalue weighted by atomic mass is 10.3. The Morgan fingerprint density at radius 1 is 1.20 bits per heavy atom. The molecule has 0 saturated carbocycles. The molecule has 0 aromatic carbocycles. The first-order valence-electron chi connectivity index (χ1n) is 4.40. The van der Waals surface area contributed by atoms with Gasteiger partial charge in [-0.3, -0.25) is 4.79 Å². The molecule has 3 nitrogen and oxygen atoms in total. The topological polar surface area (TPSA) is 20.3 Å². The van der Waals surface area contributed by atoms with Gasteiger partial charge in [0.15, 0.2) is 0 Å². The summed E-state index contributed by atoms with van der Waals surface area (Å²) in [5.74, 6) is -1.71. The van der Waals surface area contributed by atoms with Crippen molar-refractivity contribution in [3.05, 3.63) is 0 Å². The molecule has 0 atom stereocenters. The van der Waals surface area contributed by atoms with E-state index in [9.17, 15) is 18.0 Å². The summed E-state index contributed by atoms with van der Waals surface area (Å²) < 4.78 is 36.8. The summed E-state index contributed by atoms with van der Waals surface area (Å²) >= 11 is 0. The number of alkyl halides is 3. The number of nitrogens with zero attached hydrogens (tertiary/aromatic N) is 2. The summed E-state index contributed by atoms with van der Waals surface area (Å²) in [6, 6.07) is 0. The number of carbonyl (C=O) groups is 1. The molecule has 1 rings (SSSR count). The van der Waals surface area contributed by atoms with Crippen molar-refractivity contribution in [2.45, 2.75) is 6.18 Å². The van der Waals surface area contributed by atoms with Crippen LogP contribution in [0.3, 0.4) is 0 Å². The van der Waals surface area contributed by atoms with Crippen LogP contribution in [0.1, 0.15) is 0 Å². The molecule has 1 aliphatic heterocycles. The Balaban J connectivity index is 0.00000196. The second-order valence-corrected chi connectivity index (χ2v) is 4.17. The second kappa shape index (κ2) is 4.86. The molecular weight excluding hydrogens is 324 g/mol. The van der Waals surface area contributed by atoms with Gasteiger partial charge in [0.05, 0.1) is 40.3 Å².